The molecule has 1 aromatic heterocycles. The first-order valence-corrected chi connectivity index (χ1v) is 6.04. The number of carbonyl (C=O) groups excluding carboxylic acids is 1. The average Bonchev–Trinajstić information content (AvgIpc) is 2.77. The second kappa shape index (κ2) is 4.73. The van der Waals surface area contributed by atoms with E-state index in [4.69, 9.17) is 0 Å². The Balaban J connectivity index is 2.20. The Morgan fingerprint density at radius 3 is 2.94 bits per heavy atom. The van der Waals surface area contributed by atoms with Crippen molar-refractivity contribution in [3.63, 3.8) is 0 Å². The smallest absolute Gasteiger partial charge is 0.255 e. The molecular weight excluding hydrogens is 216 g/mol. The van der Waals surface area contributed by atoms with E-state index < -0.39 is 0 Å². The normalized spacial score (nSPS) is 19.9. The van der Waals surface area contributed by atoms with Crippen LogP contribution in [0.3, 0.4) is 0 Å². The average molecular weight is 234 g/mol. The molecule has 0 bridgehead atoms. The van der Waals surface area contributed by atoms with Crippen molar-refractivity contribution in [2.75, 3.05) is 6.54 Å². The lowest BCUT2D eigenvalue weighted by Gasteiger charge is -2.27. The molecule has 1 unspecified atom stereocenters. The van der Waals surface area contributed by atoms with E-state index in [0.717, 1.165) is 19.4 Å². The highest BCUT2D eigenvalue weighted by Gasteiger charge is 2.31. The van der Waals surface area contributed by atoms with Crippen LogP contribution >= 0.6 is 0 Å². The van der Waals surface area contributed by atoms with Crippen LogP contribution in [0.5, 0.6) is 5.75 Å². The van der Waals surface area contributed by atoms with Gasteiger partial charge in [0.25, 0.3) is 5.91 Å². The maximum Gasteiger partial charge on any atom is 0.255 e. The summed E-state index contributed by atoms with van der Waals surface area (Å²) in [4.78, 5) is 18.0. The number of carbonyl (C=O) groups is 1. The van der Waals surface area contributed by atoms with Crippen molar-refractivity contribution < 1.29 is 9.90 Å². The van der Waals surface area contributed by atoms with Gasteiger partial charge in [0.2, 0.25) is 0 Å². The van der Waals surface area contributed by atoms with Crippen LogP contribution in [0.2, 0.25) is 0 Å². The van der Waals surface area contributed by atoms with Crippen LogP contribution in [0.1, 0.15) is 37.0 Å². The molecule has 0 spiro atoms. The summed E-state index contributed by atoms with van der Waals surface area (Å²) >= 11 is 0. The fraction of sp³-hybridized carbons (Fsp3) is 0.538. The molecule has 92 valence electrons. The molecule has 1 aliphatic rings. The van der Waals surface area contributed by atoms with Gasteiger partial charge in [0.1, 0.15) is 5.75 Å². The number of aromatic nitrogens is 1. The summed E-state index contributed by atoms with van der Waals surface area (Å²) in [5.74, 6) is 0.479. The third-order valence-electron chi connectivity index (χ3n) is 3.30. The van der Waals surface area contributed by atoms with E-state index >= 15 is 0 Å². The minimum atomic E-state index is -0.0235. The van der Waals surface area contributed by atoms with Crippen LogP contribution in [0, 0.1) is 5.92 Å². The van der Waals surface area contributed by atoms with Gasteiger partial charge >= 0.3 is 0 Å². The topological polar surface area (TPSA) is 53.4 Å². The Kier molecular flexibility index (Phi) is 3.31. The van der Waals surface area contributed by atoms with Crippen LogP contribution in [-0.2, 0) is 0 Å². The number of amides is 1. The molecule has 1 amide bonds. The fourth-order valence-corrected chi connectivity index (χ4v) is 2.45. The monoisotopic (exact) mass is 234 g/mol. The summed E-state index contributed by atoms with van der Waals surface area (Å²) in [5, 5.41) is 9.35. The summed E-state index contributed by atoms with van der Waals surface area (Å²) < 4.78 is 0. The van der Waals surface area contributed by atoms with Gasteiger partial charge in [0.15, 0.2) is 0 Å². The standard InChI is InChI=1S/C13H18N2O2/c1-9(2)12-4-3-5-15(12)13(17)10-6-11(16)8-14-7-10/h6-9,12,16H,3-5H2,1-2H3. The molecular formula is C13H18N2O2. The van der Waals surface area contributed by atoms with Crippen molar-refractivity contribution in [2.45, 2.75) is 32.7 Å². The summed E-state index contributed by atoms with van der Waals surface area (Å²) in [6.45, 7) is 5.07. The summed E-state index contributed by atoms with van der Waals surface area (Å²) in [5.41, 5.74) is 0.470. The number of hydrogen-bond donors (Lipinski definition) is 1. The van der Waals surface area contributed by atoms with Crippen LogP contribution in [-0.4, -0.2) is 33.5 Å². The van der Waals surface area contributed by atoms with Crippen LogP contribution in [0.4, 0.5) is 0 Å². The Hall–Kier alpha value is -1.58. The molecule has 4 heteroatoms. The van der Waals surface area contributed by atoms with Gasteiger partial charge in [-0.05, 0) is 24.8 Å². The molecule has 17 heavy (non-hydrogen) atoms. The number of rotatable bonds is 2. The van der Waals surface area contributed by atoms with Gasteiger partial charge < -0.3 is 10.0 Å². The number of nitrogens with zero attached hydrogens (tertiary/aromatic N) is 2. The van der Waals surface area contributed by atoms with Gasteiger partial charge in [-0.3, -0.25) is 9.78 Å². The summed E-state index contributed by atoms with van der Waals surface area (Å²) in [7, 11) is 0. The molecule has 1 aromatic rings. The molecule has 1 atom stereocenters. The maximum atomic E-state index is 12.3. The Morgan fingerprint density at radius 1 is 1.53 bits per heavy atom. The van der Waals surface area contributed by atoms with Crippen molar-refractivity contribution in [3.8, 4) is 5.75 Å². The Labute approximate surface area is 101 Å². The molecule has 2 heterocycles. The predicted molar refractivity (Wildman–Crippen MR) is 64.8 cm³/mol. The molecule has 0 aliphatic carbocycles. The lowest BCUT2D eigenvalue weighted by Crippen LogP contribution is -2.38. The zero-order valence-electron chi connectivity index (χ0n) is 10.3. The lowest BCUT2D eigenvalue weighted by molar-refractivity contribution is 0.0700. The molecule has 4 nitrogen and oxygen atoms in total. The van der Waals surface area contributed by atoms with Crippen molar-refractivity contribution >= 4 is 5.91 Å². The van der Waals surface area contributed by atoms with Crippen LogP contribution in [0.25, 0.3) is 0 Å². The number of hydrogen-bond acceptors (Lipinski definition) is 3. The van der Waals surface area contributed by atoms with E-state index in [-0.39, 0.29) is 11.7 Å². The third-order valence-corrected chi connectivity index (χ3v) is 3.30. The maximum absolute atomic E-state index is 12.3. The molecule has 2 rings (SSSR count). The minimum absolute atomic E-state index is 0.0235. The first-order valence-electron chi connectivity index (χ1n) is 6.04. The van der Waals surface area contributed by atoms with Crippen molar-refractivity contribution in [1.29, 1.82) is 0 Å². The zero-order valence-corrected chi connectivity index (χ0v) is 10.3. The second-order valence-electron chi connectivity index (χ2n) is 4.88. The van der Waals surface area contributed by atoms with E-state index in [9.17, 15) is 9.90 Å². The van der Waals surface area contributed by atoms with Crippen molar-refractivity contribution in [3.05, 3.63) is 24.0 Å². The SMILES string of the molecule is CC(C)C1CCCN1C(=O)c1cncc(O)c1. The second-order valence-corrected chi connectivity index (χ2v) is 4.88. The first-order chi connectivity index (χ1) is 8.09. The van der Waals surface area contributed by atoms with Crippen LogP contribution in [0.15, 0.2) is 18.5 Å². The number of pyridine rings is 1. The van der Waals surface area contributed by atoms with Gasteiger partial charge in [-0.15, -0.1) is 0 Å². The van der Waals surface area contributed by atoms with Gasteiger partial charge in [0.05, 0.1) is 11.8 Å². The summed E-state index contributed by atoms with van der Waals surface area (Å²) in [6.07, 6.45) is 4.97. The number of likely N-dealkylation sites (tertiary alicyclic amines) is 1. The zero-order chi connectivity index (χ0) is 12.4. The number of aromatic hydroxyl groups is 1. The minimum Gasteiger partial charge on any atom is -0.506 e. The Morgan fingerprint density at radius 2 is 2.29 bits per heavy atom. The molecule has 1 aliphatic heterocycles. The first kappa shape index (κ1) is 11.9. The molecule has 0 saturated carbocycles. The highest BCUT2D eigenvalue weighted by atomic mass is 16.3. The molecule has 1 fully saturated rings. The largest absolute Gasteiger partial charge is 0.506 e. The molecule has 1 saturated heterocycles. The fourth-order valence-electron chi connectivity index (χ4n) is 2.45. The van der Waals surface area contributed by atoms with E-state index in [1.807, 2.05) is 4.90 Å². The van der Waals surface area contributed by atoms with E-state index in [0.29, 0.717) is 17.5 Å². The van der Waals surface area contributed by atoms with E-state index in [1.165, 1.54) is 18.5 Å². The van der Waals surface area contributed by atoms with Gasteiger partial charge in [-0.25, -0.2) is 0 Å². The summed E-state index contributed by atoms with van der Waals surface area (Å²) in [6, 6.07) is 1.79. The van der Waals surface area contributed by atoms with Gasteiger partial charge in [0, 0.05) is 18.8 Å². The third kappa shape index (κ3) is 2.40. The Bertz CT molecular complexity index is 418. The highest BCUT2D eigenvalue weighted by molar-refractivity contribution is 5.94. The van der Waals surface area contributed by atoms with Crippen molar-refractivity contribution in [2.24, 2.45) is 5.92 Å². The highest BCUT2D eigenvalue weighted by Crippen LogP contribution is 2.25. The van der Waals surface area contributed by atoms with Gasteiger partial charge in [-0.1, -0.05) is 13.8 Å². The predicted octanol–water partition coefficient (Wildman–Crippen LogP) is 2.05. The quantitative estimate of drug-likeness (QED) is 0.852. The lowest BCUT2D eigenvalue weighted by atomic mass is 10.0. The molecule has 1 N–H and O–H groups in total. The van der Waals surface area contributed by atoms with E-state index in [2.05, 4.69) is 18.8 Å². The van der Waals surface area contributed by atoms with Gasteiger partial charge in [-0.2, -0.15) is 0 Å². The molecule has 0 aromatic carbocycles. The van der Waals surface area contributed by atoms with Crippen LogP contribution < -0.4 is 0 Å². The van der Waals surface area contributed by atoms with Crippen molar-refractivity contribution in [1.82, 2.24) is 9.88 Å². The molecule has 0 radical (unpaired) electrons. The van der Waals surface area contributed by atoms with E-state index in [1.54, 1.807) is 0 Å².